The van der Waals surface area contributed by atoms with Crippen LogP contribution in [0.3, 0.4) is 0 Å². The molecule has 1 aliphatic rings. The molecule has 1 fully saturated rings. The highest BCUT2D eigenvalue weighted by Gasteiger charge is 2.28. The number of hydrogen-bond donors (Lipinski definition) is 1. The van der Waals surface area contributed by atoms with E-state index in [1.807, 2.05) is 0 Å². The first kappa shape index (κ1) is 18.9. The third kappa shape index (κ3) is 4.83. The second-order valence-corrected chi connectivity index (χ2v) is 7.50. The maximum absolute atomic E-state index is 14.0. The topological polar surface area (TPSA) is 93.4 Å². The second kappa shape index (κ2) is 8.19. The van der Waals surface area contributed by atoms with E-state index in [4.69, 9.17) is 9.26 Å². The number of piperidine rings is 1. The normalized spacial score (nSPS) is 21.1. The van der Waals surface area contributed by atoms with Crippen molar-refractivity contribution in [2.75, 3.05) is 11.9 Å². The van der Waals surface area contributed by atoms with E-state index in [2.05, 4.69) is 32.3 Å². The van der Waals surface area contributed by atoms with Crippen LogP contribution in [-0.4, -0.2) is 44.6 Å². The summed E-state index contributed by atoms with van der Waals surface area (Å²) in [6.07, 6.45) is 1.80. The predicted octanol–water partition coefficient (Wildman–Crippen LogP) is 2.50. The number of ether oxygens (including phenoxy) is 1. The zero-order chi connectivity index (χ0) is 18.7. The number of nitrogens with zero attached hydrogens (tertiary/aromatic N) is 4. The van der Waals surface area contributed by atoms with Crippen LogP contribution < -0.4 is 5.32 Å². The number of thiazole rings is 1. The molecule has 2 aromatic heterocycles. The number of anilines is 1. The highest BCUT2D eigenvalue weighted by Crippen LogP contribution is 2.27. The van der Waals surface area contributed by atoms with Crippen molar-refractivity contribution in [1.29, 1.82) is 0 Å². The van der Waals surface area contributed by atoms with Crippen LogP contribution in [0.5, 0.6) is 0 Å². The van der Waals surface area contributed by atoms with Crippen LogP contribution in [0.15, 0.2) is 4.52 Å². The molecule has 8 nitrogen and oxygen atoms in total. The van der Waals surface area contributed by atoms with Gasteiger partial charge < -0.3 is 14.6 Å². The lowest BCUT2D eigenvalue weighted by molar-refractivity contribution is -0.114. The zero-order valence-corrected chi connectivity index (χ0v) is 15.8. The summed E-state index contributed by atoms with van der Waals surface area (Å²) < 4.78 is 24.8. The summed E-state index contributed by atoms with van der Waals surface area (Å²) in [6.45, 7) is 6.82. The van der Waals surface area contributed by atoms with Gasteiger partial charge in [0.15, 0.2) is 11.0 Å². The zero-order valence-electron chi connectivity index (χ0n) is 15.0. The molecule has 1 aliphatic heterocycles. The fourth-order valence-electron chi connectivity index (χ4n) is 2.98. The molecule has 10 heteroatoms. The molecule has 0 aromatic carbocycles. The van der Waals surface area contributed by atoms with Crippen molar-refractivity contribution in [2.24, 2.45) is 0 Å². The van der Waals surface area contributed by atoms with Crippen LogP contribution >= 0.6 is 11.3 Å². The first-order valence-corrected chi connectivity index (χ1v) is 9.30. The van der Waals surface area contributed by atoms with E-state index >= 15 is 0 Å². The largest absolute Gasteiger partial charge is 0.370 e. The number of halogens is 1. The van der Waals surface area contributed by atoms with E-state index < -0.39 is 5.95 Å². The van der Waals surface area contributed by atoms with Crippen molar-refractivity contribution in [2.45, 2.75) is 58.9 Å². The summed E-state index contributed by atoms with van der Waals surface area (Å²) in [6, 6.07) is 0.242. The molecule has 142 valence electrons. The van der Waals surface area contributed by atoms with E-state index in [-0.39, 0.29) is 18.1 Å². The van der Waals surface area contributed by atoms with Gasteiger partial charge in [0.1, 0.15) is 6.61 Å². The van der Waals surface area contributed by atoms with Crippen molar-refractivity contribution in [1.82, 2.24) is 20.0 Å². The molecular formula is C16H22FN5O3S. The van der Waals surface area contributed by atoms with Gasteiger partial charge in [-0.2, -0.15) is 14.4 Å². The van der Waals surface area contributed by atoms with Crippen LogP contribution in [0, 0.1) is 12.9 Å². The van der Waals surface area contributed by atoms with Crippen LogP contribution in [0.4, 0.5) is 9.52 Å². The molecule has 3 heterocycles. The second-order valence-electron chi connectivity index (χ2n) is 6.42. The van der Waals surface area contributed by atoms with Gasteiger partial charge in [-0.25, -0.2) is 0 Å². The van der Waals surface area contributed by atoms with E-state index in [1.165, 1.54) is 18.3 Å². The predicted molar refractivity (Wildman–Crippen MR) is 93.1 cm³/mol. The van der Waals surface area contributed by atoms with Crippen molar-refractivity contribution in [3.8, 4) is 0 Å². The fraction of sp³-hybridized carbons (Fsp3) is 0.625. The van der Waals surface area contributed by atoms with Crippen LogP contribution in [-0.2, 0) is 22.7 Å². The lowest BCUT2D eigenvalue weighted by Crippen LogP contribution is -2.42. The van der Waals surface area contributed by atoms with Crippen LogP contribution in [0.1, 0.15) is 43.3 Å². The number of nitrogens with one attached hydrogen (secondary N) is 1. The van der Waals surface area contributed by atoms with Gasteiger partial charge in [-0.1, -0.05) is 16.5 Å². The van der Waals surface area contributed by atoms with Gasteiger partial charge >= 0.3 is 0 Å². The quantitative estimate of drug-likeness (QED) is 0.819. The minimum absolute atomic E-state index is 0.112. The smallest absolute Gasteiger partial charge is 0.230 e. The van der Waals surface area contributed by atoms with Gasteiger partial charge in [-0.15, -0.1) is 0 Å². The van der Waals surface area contributed by atoms with Gasteiger partial charge in [0.25, 0.3) is 0 Å². The molecule has 26 heavy (non-hydrogen) atoms. The maximum atomic E-state index is 14.0. The number of amides is 1. The summed E-state index contributed by atoms with van der Waals surface area (Å²) in [5, 5.41) is 6.65. The summed E-state index contributed by atoms with van der Waals surface area (Å²) in [4.78, 5) is 21.7. The van der Waals surface area contributed by atoms with Gasteiger partial charge in [-0.05, 0) is 19.8 Å². The van der Waals surface area contributed by atoms with Gasteiger partial charge in [-0.3, -0.25) is 9.69 Å². The first-order chi connectivity index (χ1) is 12.4. The molecule has 0 spiro atoms. The van der Waals surface area contributed by atoms with Gasteiger partial charge in [0.2, 0.25) is 17.7 Å². The standard InChI is InChI=1S/C16H22FN5O3S/c1-9-6-12(24-8-14-19-11(3)25-21-14)4-5-22(9)7-13-15(17)20-16(26-13)18-10(2)23/h9,12H,4-8H2,1-3H3,(H,18,20,23)/t9-,12-/m0/s1. The summed E-state index contributed by atoms with van der Waals surface area (Å²) in [5.41, 5.74) is 0. The molecule has 0 saturated carbocycles. The van der Waals surface area contributed by atoms with Crippen molar-refractivity contribution >= 4 is 22.4 Å². The molecule has 0 unspecified atom stereocenters. The number of likely N-dealkylation sites (tertiary alicyclic amines) is 1. The molecule has 2 aromatic rings. The number of aryl methyl sites for hydroxylation is 1. The highest BCUT2D eigenvalue weighted by molar-refractivity contribution is 7.15. The molecule has 0 aliphatic carbocycles. The van der Waals surface area contributed by atoms with Crippen molar-refractivity contribution in [3.05, 3.63) is 22.5 Å². The lowest BCUT2D eigenvalue weighted by Gasteiger charge is -2.37. The number of hydrogen-bond acceptors (Lipinski definition) is 8. The van der Waals surface area contributed by atoms with E-state index in [1.54, 1.807) is 6.92 Å². The maximum Gasteiger partial charge on any atom is 0.230 e. The SMILES string of the molecule is CC(=O)Nc1nc(F)c(CN2CC[C@H](OCc3noc(C)n3)C[C@@H]2C)s1. The third-order valence-electron chi connectivity index (χ3n) is 4.26. The average Bonchev–Trinajstić information content (AvgIpc) is 3.13. The number of rotatable bonds is 6. The Hall–Kier alpha value is -1.91. The number of carbonyl (C=O) groups excluding carboxylic acids is 1. The minimum atomic E-state index is -0.517. The highest BCUT2D eigenvalue weighted by atomic mass is 32.1. The Bertz CT molecular complexity index is 765. The molecule has 3 rings (SSSR count). The molecule has 1 saturated heterocycles. The van der Waals surface area contributed by atoms with Gasteiger partial charge in [0, 0.05) is 33.0 Å². The van der Waals surface area contributed by atoms with E-state index in [0.717, 1.165) is 19.4 Å². The molecule has 2 atom stereocenters. The Morgan fingerprint density at radius 3 is 2.96 bits per heavy atom. The average molecular weight is 383 g/mol. The van der Waals surface area contributed by atoms with Crippen LogP contribution in [0.25, 0.3) is 0 Å². The molecule has 0 bridgehead atoms. The Morgan fingerprint density at radius 2 is 2.31 bits per heavy atom. The minimum Gasteiger partial charge on any atom is -0.370 e. The monoisotopic (exact) mass is 383 g/mol. The summed E-state index contributed by atoms with van der Waals surface area (Å²) >= 11 is 1.18. The van der Waals surface area contributed by atoms with Gasteiger partial charge in [0.05, 0.1) is 11.0 Å². The van der Waals surface area contributed by atoms with E-state index in [0.29, 0.717) is 34.9 Å². The number of aromatic nitrogens is 3. The van der Waals surface area contributed by atoms with Crippen LogP contribution in [0.2, 0.25) is 0 Å². The summed E-state index contributed by atoms with van der Waals surface area (Å²) in [5.74, 6) is 0.303. The fourth-order valence-corrected chi connectivity index (χ4v) is 3.89. The van der Waals surface area contributed by atoms with Crippen molar-refractivity contribution < 1.29 is 18.4 Å². The Labute approximate surface area is 154 Å². The lowest BCUT2D eigenvalue weighted by atomic mass is 10.0. The molecule has 1 N–H and O–H groups in total. The Morgan fingerprint density at radius 1 is 1.50 bits per heavy atom. The number of carbonyl (C=O) groups is 1. The molecule has 0 radical (unpaired) electrons. The molecule has 1 amide bonds. The Kier molecular flexibility index (Phi) is 5.94. The van der Waals surface area contributed by atoms with E-state index in [9.17, 15) is 9.18 Å². The van der Waals surface area contributed by atoms with Crippen molar-refractivity contribution in [3.63, 3.8) is 0 Å². The molecular weight excluding hydrogens is 361 g/mol. The Balaban J connectivity index is 1.51. The third-order valence-corrected chi connectivity index (χ3v) is 5.19. The summed E-state index contributed by atoms with van der Waals surface area (Å²) in [7, 11) is 0. The first-order valence-electron chi connectivity index (χ1n) is 8.48.